The van der Waals surface area contributed by atoms with E-state index in [0.29, 0.717) is 5.88 Å². The average Bonchev–Trinajstić information content (AvgIpc) is 2.83. The van der Waals surface area contributed by atoms with Gasteiger partial charge in [-0.2, -0.15) is 0 Å². The SMILES string of the molecule is COc1ncccc1NC(C)c1cscn1. The second kappa shape index (κ2) is 4.94. The molecule has 4 nitrogen and oxygen atoms in total. The molecule has 0 fully saturated rings. The second-order valence-electron chi connectivity index (χ2n) is 3.34. The normalized spacial score (nSPS) is 12.1. The van der Waals surface area contributed by atoms with Crippen molar-refractivity contribution in [2.45, 2.75) is 13.0 Å². The number of aromatic nitrogens is 2. The predicted octanol–water partition coefficient (Wildman–Crippen LogP) is 2.72. The molecule has 0 aliphatic heterocycles. The number of thiazole rings is 1. The molecule has 0 radical (unpaired) electrons. The minimum atomic E-state index is 0.143. The third-order valence-corrected chi connectivity index (χ3v) is 2.84. The molecule has 0 aliphatic carbocycles. The van der Waals surface area contributed by atoms with E-state index in [2.05, 4.69) is 22.2 Å². The summed E-state index contributed by atoms with van der Waals surface area (Å²) in [6.07, 6.45) is 1.71. The number of pyridine rings is 1. The van der Waals surface area contributed by atoms with Crippen LogP contribution in [-0.4, -0.2) is 17.1 Å². The number of methoxy groups -OCH3 is 1. The number of hydrogen-bond acceptors (Lipinski definition) is 5. The first-order chi connectivity index (χ1) is 7.81. The molecule has 2 aromatic rings. The minimum Gasteiger partial charge on any atom is -0.480 e. The summed E-state index contributed by atoms with van der Waals surface area (Å²) >= 11 is 1.59. The smallest absolute Gasteiger partial charge is 0.237 e. The highest BCUT2D eigenvalue weighted by molar-refractivity contribution is 7.07. The Labute approximate surface area is 98.3 Å². The summed E-state index contributed by atoms with van der Waals surface area (Å²) in [6, 6.07) is 3.96. The van der Waals surface area contributed by atoms with Crippen molar-refractivity contribution in [1.82, 2.24) is 9.97 Å². The Kier molecular flexibility index (Phi) is 3.36. The zero-order valence-corrected chi connectivity index (χ0v) is 9.99. The van der Waals surface area contributed by atoms with Gasteiger partial charge in [0.25, 0.3) is 0 Å². The van der Waals surface area contributed by atoms with Gasteiger partial charge in [-0.1, -0.05) is 0 Å². The third-order valence-electron chi connectivity index (χ3n) is 2.23. The molecule has 2 rings (SSSR count). The monoisotopic (exact) mass is 235 g/mol. The molecule has 0 aromatic carbocycles. The van der Waals surface area contributed by atoms with Gasteiger partial charge >= 0.3 is 0 Å². The quantitative estimate of drug-likeness (QED) is 0.885. The molecule has 84 valence electrons. The van der Waals surface area contributed by atoms with Crippen LogP contribution in [0.1, 0.15) is 18.7 Å². The zero-order chi connectivity index (χ0) is 11.4. The molecule has 1 atom stereocenters. The number of nitrogens with one attached hydrogen (secondary N) is 1. The van der Waals surface area contributed by atoms with Gasteiger partial charge in [-0.05, 0) is 19.1 Å². The number of nitrogens with zero attached hydrogens (tertiary/aromatic N) is 2. The minimum absolute atomic E-state index is 0.143. The number of ether oxygens (including phenoxy) is 1. The van der Waals surface area contributed by atoms with Crippen molar-refractivity contribution in [1.29, 1.82) is 0 Å². The van der Waals surface area contributed by atoms with Crippen LogP contribution in [0, 0.1) is 0 Å². The van der Waals surface area contributed by atoms with Gasteiger partial charge in [-0.25, -0.2) is 9.97 Å². The first kappa shape index (κ1) is 10.9. The lowest BCUT2D eigenvalue weighted by Crippen LogP contribution is -2.08. The lowest BCUT2D eigenvalue weighted by molar-refractivity contribution is 0.399. The van der Waals surface area contributed by atoms with Crippen LogP contribution < -0.4 is 10.1 Å². The number of rotatable bonds is 4. The van der Waals surface area contributed by atoms with Crippen LogP contribution in [0.15, 0.2) is 29.2 Å². The molecule has 0 bridgehead atoms. The fourth-order valence-electron chi connectivity index (χ4n) is 1.41. The molecule has 5 heteroatoms. The molecular formula is C11H13N3OS. The average molecular weight is 235 g/mol. The summed E-state index contributed by atoms with van der Waals surface area (Å²) in [4.78, 5) is 8.39. The third kappa shape index (κ3) is 2.30. The summed E-state index contributed by atoms with van der Waals surface area (Å²) in [5.41, 5.74) is 3.73. The van der Waals surface area contributed by atoms with Crippen LogP contribution in [0.3, 0.4) is 0 Å². The van der Waals surface area contributed by atoms with Gasteiger partial charge in [-0.3, -0.25) is 0 Å². The van der Waals surface area contributed by atoms with E-state index in [-0.39, 0.29) is 6.04 Å². The summed E-state index contributed by atoms with van der Waals surface area (Å²) in [5, 5.41) is 5.35. The molecule has 16 heavy (non-hydrogen) atoms. The van der Waals surface area contributed by atoms with Gasteiger partial charge in [0.2, 0.25) is 5.88 Å². The van der Waals surface area contributed by atoms with Crippen molar-refractivity contribution in [2.24, 2.45) is 0 Å². The van der Waals surface area contributed by atoms with Crippen molar-refractivity contribution in [2.75, 3.05) is 12.4 Å². The molecule has 0 aliphatic rings. The molecular weight excluding hydrogens is 222 g/mol. The lowest BCUT2D eigenvalue weighted by Gasteiger charge is -2.14. The maximum atomic E-state index is 5.17. The van der Waals surface area contributed by atoms with E-state index in [1.54, 1.807) is 24.6 Å². The van der Waals surface area contributed by atoms with Crippen LogP contribution in [0.5, 0.6) is 5.88 Å². The van der Waals surface area contributed by atoms with Crippen LogP contribution in [0.2, 0.25) is 0 Å². The largest absolute Gasteiger partial charge is 0.480 e. The molecule has 0 saturated heterocycles. The molecule has 0 amide bonds. The maximum Gasteiger partial charge on any atom is 0.237 e. The van der Waals surface area contributed by atoms with E-state index in [1.807, 2.05) is 23.0 Å². The number of hydrogen-bond donors (Lipinski definition) is 1. The Morgan fingerprint density at radius 2 is 2.31 bits per heavy atom. The fourth-order valence-corrected chi connectivity index (χ4v) is 2.05. The lowest BCUT2D eigenvalue weighted by atomic mass is 10.2. The fraction of sp³-hybridized carbons (Fsp3) is 0.273. The Morgan fingerprint density at radius 3 is 3.00 bits per heavy atom. The number of anilines is 1. The van der Waals surface area contributed by atoms with Crippen LogP contribution >= 0.6 is 11.3 Å². The van der Waals surface area contributed by atoms with Gasteiger partial charge < -0.3 is 10.1 Å². The highest BCUT2D eigenvalue weighted by Crippen LogP contribution is 2.25. The summed E-state index contributed by atoms with van der Waals surface area (Å²) in [6.45, 7) is 2.06. The molecule has 2 heterocycles. The zero-order valence-electron chi connectivity index (χ0n) is 9.18. The predicted molar refractivity (Wildman–Crippen MR) is 64.9 cm³/mol. The summed E-state index contributed by atoms with van der Waals surface area (Å²) < 4.78 is 5.17. The van der Waals surface area contributed by atoms with E-state index in [1.165, 1.54) is 0 Å². The molecule has 2 aromatic heterocycles. The van der Waals surface area contributed by atoms with Gasteiger partial charge in [-0.15, -0.1) is 11.3 Å². The topological polar surface area (TPSA) is 47.0 Å². The van der Waals surface area contributed by atoms with Crippen LogP contribution in [-0.2, 0) is 0 Å². The van der Waals surface area contributed by atoms with Gasteiger partial charge in [0, 0.05) is 11.6 Å². The van der Waals surface area contributed by atoms with Crippen molar-refractivity contribution in [3.8, 4) is 5.88 Å². The highest BCUT2D eigenvalue weighted by atomic mass is 32.1. The Balaban J connectivity index is 2.14. The van der Waals surface area contributed by atoms with Crippen molar-refractivity contribution >= 4 is 17.0 Å². The Morgan fingerprint density at radius 1 is 1.44 bits per heavy atom. The van der Waals surface area contributed by atoms with Gasteiger partial charge in [0.15, 0.2) is 0 Å². The molecule has 0 saturated carbocycles. The van der Waals surface area contributed by atoms with Crippen molar-refractivity contribution < 1.29 is 4.74 Å². The van der Waals surface area contributed by atoms with E-state index in [0.717, 1.165) is 11.4 Å². The first-order valence-electron chi connectivity index (χ1n) is 4.95. The van der Waals surface area contributed by atoms with Crippen LogP contribution in [0.4, 0.5) is 5.69 Å². The highest BCUT2D eigenvalue weighted by Gasteiger charge is 2.10. The Bertz CT molecular complexity index is 444. The van der Waals surface area contributed by atoms with E-state index < -0.39 is 0 Å². The van der Waals surface area contributed by atoms with E-state index in [9.17, 15) is 0 Å². The van der Waals surface area contributed by atoms with E-state index in [4.69, 9.17) is 4.74 Å². The van der Waals surface area contributed by atoms with Crippen molar-refractivity contribution in [3.63, 3.8) is 0 Å². The van der Waals surface area contributed by atoms with E-state index >= 15 is 0 Å². The van der Waals surface area contributed by atoms with Gasteiger partial charge in [0.1, 0.15) is 0 Å². The summed E-state index contributed by atoms with van der Waals surface area (Å²) in [5.74, 6) is 0.601. The standard InChI is InChI=1S/C11H13N3OS/c1-8(10-6-16-7-13-10)14-9-4-3-5-12-11(9)15-2/h3-8,14H,1-2H3. The second-order valence-corrected chi connectivity index (χ2v) is 4.06. The first-order valence-corrected chi connectivity index (χ1v) is 5.89. The van der Waals surface area contributed by atoms with Gasteiger partial charge in [0.05, 0.1) is 30.0 Å². The Hall–Kier alpha value is -1.62. The summed E-state index contributed by atoms with van der Waals surface area (Å²) in [7, 11) is 1.61. The van der Waals surface area contributed by atoms with Crippen LogP contribution in [0.25, 0.3) is 0 Å². The molecule has 1 N–H and O–H groups in total. The molecule has 1 unspecified atom stereocenters. The molecule has 0 spiro atoms. The van der Waals surface area contributed by atoms with Crippen molar-refractivity contribution in [3.05, 3.63) is 34.9 Å². The maximum absolute atomic E-state index is 5.17.